The minimum absolute atomic E-state index is 0.0776. The van der Waals surface area contributed by atoms with Crippen molar-refractivity contribution < 1.29 is 23.9 Å². The SMILES string of the molecule is CCOc1ccc(NC(=O)COC(=O)[C@@H]2CC(=O)N(c3ccccc3)C2)cc1. The van der Waals surface area contributed by atoms with Crippen molar-refractivity contribution in [3.63, 3.8) is 0 Å². The van der Waals surface area contributed by atoms with Crippen LogP contribution in [-0.2, 0) is 19.1 Å². The molecule has 0 bridgehead atoms. The van der Waals surface area contributed by atoms with Gasteiger partial charge in [0.05, 0.1) is 12.5 Å². The number of carbonyl (C=O) groups is 3. The molecule has 3 rings (SSSR count). The second-order valence-electron chi connectivity index (χ2n) is 6.35. The number of para-hydroxylation sites is 1. The molecule has 1 saturated heterocycles. The average Bonchev–Trinajstić information content (AvgIpc) is 3.10. The van der Waals surface area contributed by atoms with E-state index in [2.05, 4.69) is 5.32 Å². The summed E-state index contributed by atoms with van der Waals surface area (Å²) in [7, 11) is 0. The lowest BCUT2D eigenvalue weighted by Gasteiger charge is -2.16. The molecule has 1 fully saturated rings. The van der Waals surface area contributed by atoms with Crippen LogP contribution < -0.4 is 15.0 Å². The van der Waals surface area contributed by atoms with Crippen molar-refractivity contribution in [3.8, 4) is 5.75 Å². The lowest BCUT2D eigenvalue weighted by molar-refractivity contribution is -0.151. The zero-order valence-corrected chi connectivity index (χ0v) is 15.6. The molecule has 0 aromatic heterocycles. The Balaban J connectivity index is 1.47. The Morgan fingerprint density at radius 3 is 2.50 bits per heavy atom. The van der Waals surface area contributed by atoms with E-state index in [1.807, 2.05) is 37.3 Å². The first kappa shape index (κ1) is 19.4. The quantitative estimate of drug-likeness (QED) is 0.744. The maximum Gasteiger partial charge on any atom is 0.311 e. The number of rotatable bonds is 7. The number of esters is 1. The van der Waals surface area contributed by atoms with E-state index in [1.54, 1.807) is 29.2 Å². The molecule has 0 unspecified atom stereocenters. The molecular formula is C21H22N2O5. The number of nitrogens with zero attached hydrogens (tertiary/aromatic N) is 1. The molecule has 2 aromatic rings. The van der Waals surface area contributed by atoms with Crippen molar-refractivity contribution in [2.75, 3.05) is 30.0 Å². The maximum atomic E-state index is 12.2. The van der Waals surface area contributed by atoms with Crippen molar-refractivity contribution in [2.24, 2.45) is 5.92 Å². The molecule has 28 heavy (non-hydrogen) atoms. The van der Waals surface area contributed by atoms with Gasteiger partial charge in [-0.1, -0.05) is 18.2 Å². The third-order valence-electron chi connectivity index (χ3n) is 4.32. The van der Waals surface area contributed by atoms with Crippen LogP contribution in [0, 0.1) is 5.92 Å². The summed E-state index contributed by atoms with van der Waals surface area (Å²) < 4.78 is 10.4. The van der Waals surface area contributed by atoms with Crippen LogP contribution in [0.1, 0.15) is 13.3 Å². The standard InChI is InChI=1S/C21H22N2O5/c1-2-27-18-10-8-16(9-11-18)22-19(24)14-28-21(26)15-12-20(25)23(13-15)17-6-4-3-5-7-17/h3-11,15H,2,12-14H2,1H3,(H,22,24)/t15-/m1/s1. The monoisotopic (exact) mass is 382 g/mol. The second-order valence-corrected chi connectivity index (χ2v) is 6.35. The van der Waals surface area contributed by atoms with Crippen molar-refractivity contribution in [3.05, 3.63) is 54.6 Å². The molecule has 0 aliphatic carbocycles. The van der Waals surface area contributed by atoms with Crippen LogP contribution in [0.2, 0.25) is 0 Å². The van der Waals surface area contributed by atoms with Crippen molar-refractivity contribution in [1.29, 1.82) is 0 Å². The largest absolute Gasteiger partial charge is 0.494 e. The van der Waals surface area contributed by atoms with Crippen molar-refractivity contribution in [2.45, 2.75) is 13.3 Å². The lowest BCUT2D eigenvalue weighted by atomic mass is 10.1. The molecule has 1 N–H and O–H groups in total. The van der Waals surface area contributed by atoms with Gasteiger partial charge in [0, 0.05) is 24.3 Å². The minimum atomic E-state index is -0.578. The molecule has 0 saturated carbocycles. The predicted octanol–water partition coefficient (Wildman–Crippen LogP) is 2.62. The molecule has 1 aliphatic rings. The summed E-state index contributed by atoms with van der Waals surface area (Å²) in [5.74, 6) is -0.992. The van der Waals surface area contributed by atoms with Crippen LogP contribution in [0.3, 0.4) is 0 Å². The second kappa shape index (κ2) is 9.03. The number of benzene rings is 2. The molecule has 2 aromatic carbocycles. The van der Waals surface area contributed by atoms with E-state index in [1.165, 1.54) is 0 Å². The molecule has 1 aliphatic heterocycles. The van der Waals surface area contributed by atoms with E-state index >= 15 is 0 Å². The van der Waals surface area contributed by atoms with Gasteiger partial charge in [-0.2, -0.15) is 0 Å². The zero-order valence-electron chi connectivity index (χ0n) is 15.6. The summed E-state index contributed by atoms with van der Waals surface area (Å²) in [6.45, 7) is 2.30. The van der Waals surface area contributed by atoms with Gasteiger partial charge in [0.2, 0.25) is 5.91 Å². The molecule has 0 spiro atoms. The predicted molar refractivity (Wildman–Crippen MR) is 104 cm³/mol. The van der Waals surface area contributed by atoms with Crippen LogP contribution in [0.15, 0.2) is 54.6 Å². The fourth-order valence-electron chi connectivity index (χ4n) is 2.98. The van der Waals surface area contributed by atoms with Gasteiger partial charge in [-0.05, 0) is 43.3 Å². The molecule has 7 heteroatoms. The highest BCUT2D eigenvalue weighted by molar-refractivity contribution is 6.00. The number of anilines is 2. The summed E-state index contributed by atoms with van der Waals surface area (Å²) in [5, 5.41) is 2.65. The van der Waals surface area contributed by atoms with E-state index in [4.69, 9.17) is 9.47 Å². The first-order chi connectivity index (χ1) is 13.6. The molecule has 146 valence electrons. The first-order valence-corrected chi connectivity index (χ1v) is 9.11. The van der Waals surface area contributed by atoms with Gasteiger partial charge in [0.15, 0.2) is 6.61 Å². The third kappa shape index (κ3) is 4.88. The number of amides is 2. The van der Waals surface area contributed by atoms with E-state index < -0.39 is 24.4 Å². The van der Waals surface area contributed by atoms with E-state index in [-0.39, 0.29) is 18.9 Å². The van der Waals surface area contributed by atoms with E-state index in [0.717, 1.165) is 5.69 Å². The molecule has 1 heterocycles. The molecule has 7 nitrogen and oxygen atoms in total. The molecule has 0 radical (unpaired) electrons. The van der Waals surface area contributed by atoms with E-state index in [0.29, 0.717) is 18.0 Å². The molecule has 2 amide bonds. The highest BCUT2D eigenvalue weighted by atomic mass is 16.5. The highest BCUT2D eigenvalue weighted by Crippen LogP contribution is 2.25. The number of ether oxygens (including phenoxy) is 2. The van der Waals surface area contributed by atoms with E-state index in [9.17, 15) is 14.4 Å². The van der Waals surface area contributed by atoms with Gasteiger partial charge in [0.1, 0.15) is 5.75 Å². The zero-order chi connectivity index (χ0) is 19.9. The van der Waals surface area contributed by atoms with Crippen LogP contribution in [-0.4, -0.2) is 37.5 Å². The van der Waals surface area contributed by atoms with Gasteiger partial charge < -0.3 is 19.7 Å². The van der Waals surface area contributed by atoms with Crippen LogP contribution in [0.5, 0.6) is 5.75 Å². The van der Waals surface area contributed by atoms with Gasteiger partial charge in [0.25, 0.3) is 5.91 Å². The molecule has 1 atom stereocenters. The third-order valence-corrected chi connectivity index (χ3v) is 4.32. The van der Waals surface area contributed by atoms with Gasteiger partial charge in [-0.25, -0.2) is 0 Å². The van der Waals surface area contributed by atoms with Crippen LogP contribution in [0.4, 0.5) is 11.4 Å². The first-order valence-electron chi connectivity index (χ1n) is 9.11. The summed E-state index contributed by atoms with van der Waals surface area (Å²) in [5.41, 5.74) is 1.33. The minimum Gasteiger partial charge on any atom is -0.494 e. The number of carbonyl (C=O) groups excluding carboxylic acids is 3. The van der Waals surface area contributed by atoms with Crippen molar-refractivity contribution >= 4 is 29.2 Å². The number of nitrogens with one attached hydrogen (secondary N) is 1. The van der Waals surface area contributed by atoms with Gasteiger partial charge >= 0.3 is 5.97 Å². The topological polar surface area (TPSA) is 84.9 Å². The van der Waals surface area contributed by atoms with Gasteiger partial charge in [-0.15, -0.1) is 0 Å². The fraction of sp³-hybridized carbons (Fsp3) is 0.286. The number of hydrogen-bond donors (Lipinski definition) is 1. The Kier molecular flexibility index (Phi) is 6.26. The Labute approximate surface area is 163 Å². The summed E-state index contributed by atoms with van der Waals surface area (Å²) in [6, 6.07) is 16.1. The Bertz CT molecular complexity index is 836. The summed E-state index contributed by atoms with van der Waals surface area (Å²) in [6.07, 6.45) is 0.0776. The van der Waals surface area contributed by atoms with Crippen LogP contribution in [0.25, 0.3) is 0 Å². The normalized spacial score (nSPS) is 16.0. The smallest absolute Gasteiger partial charge is 0.311 e. The highest BCUT2D eigenvalue weighted by Gasteiger charge is 2.36. The Morgan fingerprint density at radius 2 is 1.82 bits per heavy atom. The van der Waals surface area contributed by atoms with Crippen molar-refractivity contribution in [1.82, 2.24) is 0 Å². The maximum absolute atomic E-state index is 12.2. The average molecular weight is 382 g/mol. The number of hydrogen-bond acceptors (Lipinski definition) is 5. The summed E-state index contributed by atoms with van der Waals surface area (Å²) in [4.78, 5) is 38.0. The summed E-state index contributed by atoms with van der Waals surface area (Å²) >= 11 is 0. The lowest BCUT2D eigenvalue weighted by Crippen LogP contribution is -2.28. The molecular weight excluding hydrogens is 360 g/mol. The van der Waals surface area contributed by atoms with Gasteiger partial charge in [-0.3, -0.25) is 14.4 Å². The fourth-order valence-corrected chi connectivity index (χ4v) is 2.98. The Hall–Kier alpha value is -3.35. The Morgan fingerprint density at radius 1 is 1.11 bits per heavy atom. The van der Waals surface area contributed by atoms with Crippen LogP contribution >= 0.6 is 0 Å².